The van der Waals surface area contributed by atoms with Gasteiger partial charge in [-0.3, -0.25) is 14.7 Å². The quantitative estimate of drug-likeness (QED) is 0.726. The number of carboxylic acid groups (broad SMARTS) is 1. The van der Waals surface area contributed by atoms with Crippen LogP contribution in [0.5, 0.6) is 0 Å². The number of carbonyl (C=O) groups excluding carboxylic acids is 1. The van der Waals surface area contributed by atoms with Crippen LogP contribution in [-0.4, -0.2) is 33.7 Å². The molecule has 0 spiro atoms. The molecule has 2 rings (SSSR count). The van der Waals surface area contributed by atoms with E-state index in [1.54, 1.807) is 12.1 Å². The van der Waals surface area contributed by atoms with E-state index >= 15 is 0 Å². The summed E-state index contributed by atoms with van der Waals surface area (Å²) in [6.07, 6.45) is 1.85. The Hall–Kier alpha value is -2.70. The van der Waals surface area contributed by atoms with Gasteiger partial charge in [0.25, 0.3) is 5.91 Å². The summed E-state index contributed by atoms with van der Waals surface area (Å²) in [4.78, 5) is 23.6. The van der Waals surface area contributed by atoms with E-state index in [4.69, 9.17) is 0 Å². The third kappa shape index (κ3) is 4.41. The number of H-pyrrole nitrogens is 1. The van der Waals surface area contributed by atoms with Crippen molar-refractivity contribution in [2.45, 2.75) is 20.3 Å². The van der Waals surface area contributed by atoms with Crippen molar-refractivity contribution in [1.82, 2.24) is 15.5 Å². The summed E-state index contributed by atoms with van der Waals surface area (Å²) >= 11 is 0. The molecule has 0 aliphatic rings. The van der Waals surface area contributed by atoms with Gasteiger partial charge in [0.1, 0.15) is 5.82 Å². The molecule has 0 saturated carbocycles. The standard InChI is InChI=1S/C17H20FN3O3/c1-10(2)7-12(17(23)24)8-19-16(22)14-9-20-21-15(14)11-3-5-13(18)6-4-11/h3-6,9-10,12H,7-8H2,1-2H3,(H,19,22)(H,20,21)(H,23,24). The first-order chi connectivity index (χ1) is 11.4. The van der Waals surface area contributed by atoms with Gasteiger partial charge in [-0.1, -0.05) is 13.8 Å². The zero-order valence-electron chi connectivity index (χ0n) is 13.5. The van der Waals surface area contributed by atoms with Crippen LogP contribution in [0.25, 0.3) is 11.3 Å². The predicted molar refractivity (Wildman–Crippen MR) is 86.9 cm³/mol. The molecule has 2 aromatic rings. The Bertz CT molecular complexity index is 710. The van der Waals surface area contributed by atoms with Crippen molar-refractivity contribution < 1.29 is 19.1 Å². The summed E-state index contributed by atoms with van der Waals surface area (Å²) in [5.41, 5.74) is 1.37. The van der Waals surface area contributed by atoms with E-state index in [-0.39, 0.29) is 23.8 Å². The Kier molecular flexibility index (Phi) is 5.68. The molecule has 128 valence electrons. The monoisotopic (exact) mass is 333 g/mol. The number of amides is 1. The van der Waals surface area contributed by atoms with Crippen LogP contribution in [0.15, 0.2) is 30.5 Å². The zero-order chi connectivity index (χ0) is 17.7. The van der Waals surface area contributed by atoms with Crippen LogP contribution in [-0.2, 0) is 4.79 Å². The molecule has 1 aromatic carbocycles. The van der Waals surface area contributed by atoms with Crippen LogP contribution >= 0.6 is 0 Å². The molecule has 0 fully saturated rings. The van der Waals surface area contributed by atoms with Crippen molar-refractivity contribution in [2.24, 2.45) is 11.8 Å². The number of aromatic amines is 1. The highest BCUT2D eigenvalue weighted by Gasteiger charge is 2.21. The Morgan fingerprint density at radius 1 is 1.29 bits per heavy atom. The molecule has 1 amide bonds. The van der Waals surface area contributed by atoms with Crippen molar-refractivity contribution >= 4 is 11.9 Å². The highest BCUT2D eigenvalue weighted by molar-refractivity contribution is 5.99. The van der Waals surface area contributed by atoms with Gasteiger partial charge >= 0.3 is 5.97 Å². The second-order valence-electron chi connectivity index (χ2n) is 6.04. The highest BCUT2D eigenvalue weighted by atomic mass is 19.1. The SMILES string of the molecule is CC(C)CC(CNC(=O)c1cn[nH]c1-c1ccc(F)cc1)C(=O)O. The summed E-state index contributed by atoms with van der Waals surface area (Å²) < 4.78 is 13.0. The van der Waals surface area contributed by atoms with Gasteiger partial charge in [-0.2, -0.15) is 5.10 Å². The normalized spacial score (nSPS) is 12.2. The van der Waals surface area contributed by atoms with Gasteiger partial charge in [-0.15, -0.1) is 0 Å². The Morgan fingerprint density at radius 2 is 1.96 bits per heavy atom. The molecule has 1 heterocycles. The van der Waals surface area contributed by atoms with Crippen LogP contribution < -0.4 is 5.32 Å². The average molecular weight is 333 g/mol. The van der Waals surface area contributed by atoms with Crippen LogP contribution in [0.4, 0.5) is 4.39 Å². The summed E-state index contributed by atoms with van der Waals surface area (Å²) in [6, 6.07) is 5.67. The van der Waals surface area contributed by atoms with Crippen LogP contribution in [0.3, 0.4) is 0 Å². The van der Waals surface area contributed by atoms with E-state index < -0.39 is 17.8 Å². The maximum absolute atomic E-state index is 13.0. The van der Waals surface area contributed by atoms with Gasteiger partial charge in [0, 0.05) is 12.1 Å². The minimum atomic E-state index is -0.935. The van der Waals surface area contributed by atoms with Gasteiger partial charge in [0.05, 0.1) is 23.4 Å². The van der Waals surface area contributed by atoms with E-state index in [0.717, 1.165) is 0 Å². The van der Waals surface area contributed by atoms with Crippen LogP contribution in [0.2, 0.25) is 0 Å². The number of hydrogen-bond donors (Lipinski definition) is 3. The molecule has 1 unspecified atom stereocenters. The molecule has 3 N–H and O–H groups in total. The van der Waals surface area contributed by atoms with Gasteiger partial charge in [0.15, 0.2) is 0 Å². The van der Waals surface area contributed by atoms with E-state index in [9.17, 15) is 19.1 Å². The first-order valence-electron chi connectivity index (χ1n) is 7.68. The molecule has 1 atom stereocenters. The molecule has 6 nitrogen and oxygen atoms in total. The number of rotatable bonds is 7. The van der Waals surface area contributed by atoms with E-state index in [2.05, 4.69) is 15.5 Å². The average Bonchev–Trinajstić information content (AvgIpc) is 3.01. The molecular weight excluding hydrogens is 313 g/mol. The van der Waals surface area contributed by atoms with E-state index in [1.165, 1.54) is 18.3 Å². The number of nitrogens with one attached hydrogen (secondary N) is 2. The fraction of sp³-hybridized carbons (Fsp3) is 0.353. The number of carbonyl (C=O) groups is 2. The number of hydrogen-bond acceptors (Lipinski definition) is 3. The molecule has 24 heavy (non-hydrogen) atoms. The summed E-state index contributed by atoms with van der Waals surface area (Å²) in [6.45, 7) is 3.90. The lowest BCUT2D eigenvalue weighted by Gasteiger charge is -2.15. The molecule has 0 radical (unpaired) electrons. The highest BCUT2D eigenvalue weighted by Crippen LogP contribution is 2.21. The Morgan fingerprint density at radius 3 is 2.54 bits per heavy atom. The topological polar surface area (TPSA) is 95.1 Å². The molecule has 0 saturated heterocycles. The second-order valence-corrected chi connectivity index (χ2v) is 6.04. The van der Waals surface area contributed by atoms with Gasteiger partial charge < -0.3 is 10.4 Å². The first kappa shape index (κ1) is 17.7. The number of carboxylic acids is 1. The smallest absolute Gasteiger partial charge is 0.308 e. The number of aromatic nitrogens is 2. The summed E-state index contributed by atoms with van der Waals surface area (Å²) in [5, 5.41) is 18.4. The van der Waals surface area contributed by atoms with Gasteiger partial charge in [0.2, 0.25) is 0 Å². The Balaban J connectivity index is 2.09. The lowest BCUT2D eigenvalue weighted by atomic mass is 9.97. The number of halogens is 1. The van der Waals surface area contributed by atoms with Crippen LogP contribution in [0, 0.1) is 17.7 Å². The molecule has 7 heteroatoms. The third-order valence-electron chi connectivity index (χ3n) is 3.63. The fourth-order valence-electron chi connectivity index (χ4n) is 2.45. The lowest BCUT2D eigenvalue weighted by Crippen LogP contribution is -2.33. The largest absolute Gasteiger partial charge is 0.481 e. The minimum absolute atomic E-state index is 0.0420. The second kappa shape index (κ2) is 7.72. The maximum Gasteiger partial charge on any atom is 0.308 e. The van der Waals surface area contributed by atoms with Crippen molar-refractivity contribution in [2.75, 3.05) is 6.54 Å². The van der Waals surface area contributed by atoms with Crippen molar-refractivity contribution in [3.63, 3.8) is 0 Å². The van der Waals surface area contributed by atoms with Gasteiger partial charge in [-0.05, 0) is 36.6 Å². The zero-order valence-corrected chi connectivity index (χ0v) is 13.5. The van der Waals surface area contributed by atoms with E-state index in [1.807, 2.05) is 13.8 Å². The molecule has 0 aliphatic carbocycles. The van der Waals surface area contributed by atoms with Crippen molar-refractivity contribution in [3.05, 3.63) is 41.8 Å². The third-order valence-corrected chi connectivity index (χ3v) is 3.63. The molecule has 0 bridgehead atoms. The molecule has 0 aliphatic heterocycles. The fourth-order valence-corrected chi connectivity index (χ4v) is 2.45. The van der Waals surface area contributed by atoms with Gasteiger partial charge in [-0.25, -0.2) is 4.39 Å². The Labute approximate surface area is 139 Å². The lowest BCUT2D eigenvalue weighted by molar-refractivity contribution is -0.142. The number of nitrogens with zero attached hydrogens (tertiary/aromatic N) is 1. The minimum Gasteiger partial charge on any atom is -0.481 e. The van der Waals surface area contributed by atoms with E-state index in [0.29, 0.717) is 17.7 Å². The predicted octanol–water partition coefficient (Wildman–Crippen LogP) is 2.69. The number of aliphatic carboxylic acids is 1. The first-order valence-corrected chi connectivity index (χ1v) is 7.68. The number of benzene rings is 1. The van der Waals surface area contributed by atoms with Crippen molar-refractivity contribution in [3.8, 4) is 11.3 Å². The maximum atomic E-state index is 13.0. The van der Waals surface area contributed by atoms with Crippen LogP contribution in [0.1, 0.15) is 30.6 Å². The van der Waals surface area contributed by atoms with Crippen molar-refractivity contribution in [1.29, 1.82) is 0 Å². The molecule has 1 aromatic heterocycles. The molecular formula is C17H20FN3O3. The summed E-state index contributed by atoms with van der Waals surface area (Å²) in [7, 11) is 0. The summed E-state index contributed by atoms with van der Waals surface area (Å²) in [5.74, 6) is -2.16.